The minimum atomic E-state index is 0.186. The maximum Gasteiger partial charge on any atom is 0.225 e. The summed E-state index contributed by atoms with van der Waals surface area (Å²) in [5, 5.41) is 0.778. The Morgan fingerprint density at radius 1 is 0.871 bits per heavy atom. The molecular formula is C26H32ClN3O. The largest absolute Gasteiger partial charge is 0.340 e. The number of hydrogen-bond acceptors (Lipinski definition) is 3. The molecule has 0 atom stereocenters. The first-order valence-corrected chi connectivity index (χ1v) is 11.7. The van der Waals surface area contributed by atoms with Crippen LogP contribution < -0.4 is 0 Å². The van der Waals surface area contributed by atoms with Gasteiger partial charge >= 0.3 is 0 Å². The van der Waals surface area contributed by atoms with E-state index < -0.39 is 0 Å². The van der Waals surface area contributed by atoms with E-state index in [0.717, 1.165) is 70.2 Å². The Morgan fingerprint density at radius 2 is 1.55 bits per heavy atom. The Hall–Kier alpha value is -2.14. The van der Waals surface area contributed by atoms with Gasteiger partial charge in [-0.2, -0.15) is 0 Å². The van der Waals surface area contributed by atoms with Gasteiger partial charge in [-0.3, -0.25) is 14.6 Å². The first-order chi connectivity index (χ1) is 15.2. The normalized spacial score (nSPS) is 19.2. The number of piperazine rings is 1. The average molecular weight is 438 g/mol. The van der Waals surface area contributed by atoms with Gasteiger partial charge in [0.25, 0.3) is 0 Å². The molecule has 2 aromatic rings. The molecular weight excluding hydrogens is 406 g/mol. The van der Waals surface area contributed by atoms with E-state index >= 15 is 0 Å². The van der Waals surface area contributed by atoms with E-state index in [1.807, 2.05) is 18.2 Å². The lowest BCUT2D eigenvalue weighted by Crippen LogP contribution is -2.51. The third kappa shape index (κ3) is 6.42. The van der Waals surface area contributed by atoms with Crippen molar-refractivity contribution in [2.75, 3.05) is 45.8 Å². The molecule has 0 bridgehead atoms. The predicted octanol–water partition coefficient (Wildman–Crippen LogP) is 4.41. The van der Waals surface area contributed by atoms with Crippen molar-refractivity contribution in [1.29, 1.82) is 0 Å². The number of hydrogen-bond donors (Lipinski definition) is 0. The molecule has 0 spiro atoms. The quantitative estimate of drug-likeness (QED) is 0.669. The Labute approximate surface area is 191 Å². The second-order valence-corrected chi connectivity index (χ2v) is 9.05. The molecule has 0 unspecified atom stereocenters. The van der Waals surface area contributed by atoms with E-state index in [4.69, 9.17) is 11.6 Å². The number of rotatable bonds is 6. The molecule has 164 valence electrons. The van der Waals surface area contributed by atoms with E-state index in [0.29, 0.717) is 5.91 Å². The summed E-state index contributed by atoms with van der Waals surface area (Å²) in [5.41, 5.74) is 2.52. The van der Waals surface area contributed by atoms with Crippen LogP contribution in [0.4, 0.5) is 0 Å². The van der Waals surface area contributed by atoms with Gasteiger partial charge in [-0.25, -0.2) is 0 Å². The fourth-order valence-corrected chi connectivity index (χ4v) is 4.62. The van der Waals surface area contributed by atoms with E-state index in [9.17, 15) is 4.79 Å². The van der Waals surface area contributed by atoms with Gasteiger partial charge in [0.2, 0.25) is 5.91 Å². The van der Waals surface area contributed by atoms with Gasteiger partial charge in [-0.05, 0) is 49.2 Å². The van der Waals surface area contributed by atoms with E-state index in [1.165, 1.54) is 11.1 Å². The molecule has 2 saturated heterocycles. The Kier molecular flexibility index (Phi) is 7.79. The van der Waals surface area contributed by atoms with Crippen molar-refractivity contribution in [3.63, 3.8) is 0 Å². The molecule has 0 N–H and O–H groups in total. The molecule has 2 heterocycles. The monoisotopic (exact) mass is 437 g/mol. The summed E-state index contributed by atoms with van der Waals surface area (Å²) in [5.74, 6) is 0.552. The van der Waals surface area contributed by atoms with Crippen LogP contribution in [-0.4, -0.2) is 66.4 Å². The number of likely N-dealkylation sites (tertiary alicyclic amines) is 1. The standard InChI is InChI=1S/C26H32ClN3O/c27-25-10-8-23(9-11-25)21-29-15-12-24(13-16-29)26(31)30-19-17-28(18-20-30)14-4-7-22-5-2-1-3-6-22/h1-11,24H,12-21H2/b7-4+. The van der Waals surface area contributed by atoms with E-state index in [-0.39, 0.29) is 5.92 Å². The van der Waals surface area contributed by atoms with Crippen LogP contribution in [0.3, 0.4) is 0 Å². The summed E-state index contributed by atoms with van der Waals surface area (Å²) in [6.45, 7) is 7.48. The lowest BCUT2D eigenvalue weighted by atomic mass is 9.94. The second-order valence-electron chi connectivity index (χ2n) is 8.62. The van der Waals surface area contributed by atoms with Crippen molar-refractivity contribution in [3.8, 4) is 0 Å². The highest BCUT2D eigenvalue weighted by Crippen LogP contribution is 2.22. The van der Waals surface area contributed by atoms with Crippen LogP contribution in [0.25, 0.3) is 6.08 Å². The number of amides is 1. The zero-order valence-electron chi connectivity index (χ0n) is 18.1. The first-order valence-electron chi connectivity index (χ1n) is 11.4. The Balaban J connectivity index is 1.17. The Morgan fingerprint density at radius 3 is 2.23 bits per heavy atom. The zero-order valence-corrected chi connectivity index (χ0v) is 18.9. The van der Waals surface area contributed by atoms with Crippen molar-refractivity contribution in [1.82, 2.24) is 14.7 Å². The second kappa shape index (κ2) is 10.9. The lowest BCUT2D eigenvalue weighted by Gasteiger charge is -2.38. The highest BCUT2D eigenvalue weighted by atomic mass is 35.5. The van der Waals surface area contributed by atoms with Crippen molar-refractivity contribution in [3.05, 3.63) is 76.8 Å². The third-order valence-electron chi connectivity index (χ3n) is 6.41. The number of piperidine rings is 1. The molecule has 31 heavy (non-hydrogen) atoms. The van der Waals surface area contributed by atoms with Crippen LogP contribution in [0.2, 0.25) is 5.02 Å². The van der Waals surface area contributed by atoms with Crippen LogP contribution in [0.1, 0.15) is 24.0 Å². The van der Waals surface area contributed by atoms with Crippen molar-refractivity contribution < 1.29 is 4.79 Å². The summed E-state index contributed by atoms with van der Waals surface area (Å²) in [4.78, 5) is 20.0. The van der Waals surface area contributed by atoms with Gasteiger partial charge in [0.15, 0.2) is 0 Å². The van der Waals surface area contributed by atoms with Crippen molar-refractivity contribution >= 4 is 23.6 Å². The molecule has 5 heteroatoms. The molecule has 2 aromatic carbocycles. The summed E-state index contributed by atoms with van der Waals surface area (Å²) in [6.07, 6.45) is 6.33. The van der Waals surface area contributed by atoms with Crippen molar-refractivity contribution in [2.24, 2.45) is 5.92 Å². The van der Waals surface area contributed by atoms with Gasteiger partial charge in [-0.15, -0.1) is 0 Å². The number of carbonyl (C=O) groups is 1. The molecule has 2 aliphatic rings. The predicted molar refractivity (Wildman–Crippen MR) is 128 cm³/mol. The summed E-state index contributed by atoms with van der Waals surface area (Å²) in [6, 6.07) is 18.5. The van der Waals surface area contributed by atoms with Crippen LogP contribution in [0.15, 0.2) is 60.7 Å². The van der Waals surface area contributed by atoms with Gasteiger partial charge < -0.3 is 4.90 Å². The van der Waals surface area contributed by atoms with Crippen LogP contribution in [0, 0.1) is 5.92 Å². The summed E-state index contributed by atoms with van der Waals surface area (Å²) >= 11 is 5.98. The molecule has 2 fully saturated rings. The summed E-state index contributed by atoms with van der Waals surface area (Å²) in [7, 11) is 0. The number of benzene rings is 2. The highest BCUT2D eigenvalue weighted by Gasteiger charge is 2.30. The minimum Gasteiger partial charge on any atom is -0.340 e. The van der Waals surface area contributed by atoms with Gasteiger partial charge in [-0.1, -0.05) is 66.2 Å². The SMILES string of the molecule is O=C(C1CCN(Cc2ccc(Cl)cc2)CC1)N1CCN(C/C=C/c2ccccc2)CC1. The van der Waals surface area contributed by atoms with Gasteiger partial charge in [0.05, 0.1) is 0 Å². The Bertz CT molecular complexity index is 852. The molecule has 0 radical (unpaired) electrons. The smallest absolute Gasteiger partial charge is 0.225 e. The lowest BCUT2D eigenvalue weighted by molar-refractivity contribution is -0.138. The minimum absolute atomic E-state index is 0.186. The van der Waals surface area contributed by atoms with Crippen LogP contribution >= 0.6 is 11.6 Å². The molecule has 4 rings (SSSR count). The van der Waals surface area contributed by atoms with Gasteiger partial charge in [0.1, 0.15) is 0 Å². The van der Waals surface area contributed by atoms with E-state index in [2.05, 4.69) is 63.2 Å². The number of halogens is 1. The number of carbonyl (C=O) groups excluding carboxylic acids is 1. The first kappa shape index (κ1) is 22.1. The zero-order chi connectivity index (χ0) is 21.5. The average Bonchev–Trinajstić information content (AvgIpc) is 2.82. The summed E-state index contributed by atoms with van der Waals surface area (Å²) < 4.78 is 0. The van der Waals surface area contributed by atoms with Crippen LogP contribution in [0.5, 0.6) is 0 Å². The third-order valence-corrected chi connectivity index (χ3v) is 6.67. The molecule has 0 saturated carbocycles. The number of nitrogens with zero attached hydrogens (tertiary/aromatic N) is 3. The van der Waals surface area contributed by atoms with Gasteiger partial charge in [0, 0.05) is 50.2 Å². The highest BCUT2D eigenvalue weighted by molar-refractivity contribution is 6.30. The molecule has 2 aliphatic heterocycles. The molecule has 1 amide bonds. The molecule has 0 aliphatic carbocycles. The maximum absolute atomic E-state index is 13.0. The fraction of sp³-hybridized carbons (Fsp3) is 0.423. The van der Waals surface area contributed by atoms with E-state index in [1.54, 1.807) is 0 Å². The van der Waals surface area contributed by atoms with Crippen LogP contribution in [-0.2, 0) is 11.3 Å². The fourth-order valence-electron chi connectivity index (χ4n) is 4.50. The molecule has 4 nitrogen and oxygen atoms in total. The molecule has 0 aromatic heterocycles. The maximum atomic E-state index is 13.0. The van der Waals surface area contributed by atoms with Crippen molar-refractivity contribution in [2.45, 2.75) is 19.4 Å². The topological polar surface area (TPSA) is 26.8 Å².